The van der Waals surface area contributed by atoms with Crippen molar-refractivity contribution in [2.24, 2.45) is 11.8 Å². The first-order valence-corrected chi connectivity index (χ1v) is 10.7. The smallest absolute Gasteiger partial charge is 0.270 e. The highest BCUT2D eigenvalue weighted by Gasteiger charge is 2.63. The number of anilines is 1. The quantitative estimate of drug-likeness (QED) is 0.282. The maximum Gasteiger partial charge on any atom is 0.270 e. The van der Waals surface area contributed by atoms with Gasteiger partial charge in [-0.05, 0) is 36.4 Å². The van der Waals surface area contributed by atoms with Crippen LogP contribution in [0, 0.1) is 33.3 Å². The molecule has 2 amide bonds. The summed E-state index contributed by atoms with van der Waals surface area (Å²) < 4.78 is 5.15. The van der Waals surface area contributed by atoms with Crippen molar-refractivity contribution in [3.8, 4) is 11.8 Å². The molecule has 0 radical (unpaired) electrons. The number of benzene rings is 2. The summed E-state index contributed by atoms with van der Waals surface area (Å²) in [5.41, 5.74) is 0.474. The molecule has 0 unspecified atom stereocenters. The number of rotatable bonds is 5. The van der Waals surface area contributed by atoms with E-state index in [1.165, 1.54) is 31.4 Å². The molecular weight excluding hydrogens is 452 g/mol. The molecule has 5 rings (SSSR count). The van der Waals surface area contributed by atoms with Gasteiger partial charge in [0, 0.05) is 23.9 Å². The zero-order valence-electron chi connectivity index (χ0n) is 18.4. The van der Waals surface area contributed by atoms with Gasteiger partial charge in [-0.25, -0.2) is 4.90 Å². The van der Waals surface area contributed by atoms with Gasteiger partial charge < -0.3 is 9.64 Å². The zero-order valence-corrected chi connectivity index (χ0v) is 18.4. The minimum Gasteiger partial charge on any atom is -0.497 e. The standard InChI is InChI=1S/C25H18N4O6/c1-35-18-7-5-16(6-8-18)28-24(31)20-19-11-14(13-26)9-10-27(19)22(21(20)25(28)32)23(30)15-3-2-4-17(12-15)29(33)34/h2-12,19-22H,1H3/t19-,20-,21-,22+/m0/s1. The fourth-order valence-electron chi connectivity index (χ4n) is 5.05. The van der Waals surface area contributed by atoms with Crippen molar-refractivity contribution in [3.63, 3.8) is 0 Å². The number of Topliss-reactive ketones (excluding diaryl/α,β-unsaturated/α-hetero) is 1. The van der Waals surface area contributed by atoms with Crippen LogP contribution < -0.4 is 9.64 Å². The number of fused-ring (bicyclic) bond motifs is 3. The van der Waals surface area contributed by atoms with Crippen molar-refractivity contribution < 1.29 is 24.0 Å². The lowest BCUT2D eigenvalue weighted by molar-refractivity contribution is -0.384. The molecule has 0 saturated carbocycles. The molecule has 3 aliphatic rings. The van der Waals surface area contributed by atoms with E-state index < -0.39 is 46.4 Å². The van der Waals surface area contributed by atoms with Crippen LogP contribution in [0.2, 0.25) is 0 Å². The monoisotopic (exact) mass is 470 g/mol. The maximum absolute atomic E-state index is 13.7. The summed E-state index contributed by atoms with van der Waals surface area (Å²) in [5.74, 6) is -2.90. The molecule has 0 spiro atoms. The van der Waals surface area contributed by atoms with Gasteiger partial charge in [0.25, 0.3) is 5.69 Å². The molecule has 2 aromatic carbocycles. The van der Waals surface area contributed by atoms with Gasteiger partial charge in [0.05, 0.1) is 47.2 Å². The van der Waals surface area contributed by atoms with Crippen LogP contribution in [0.25, 0.3) is 0 Å². The van der Waals surface area contributed by atoms with E-state index in [2.05, 4.69) is 0 Å². The number of nitro groups is 1. The number of non-ortho nitro benzene ring substituents is 1. The topological polar surface area (TPSA) is 134 Å². The third-order valence-corrected chi connectivity index (χ3v) is 6.62. The first-order valence-electron chi connectivity index (χ1n) is 10.7. The molecule has 3 aliphatic heterocycles. The number of imide groups is 1. The second-order valence-corrected chi connectivity index (χ2v) is 8.37. The van der Waals surface area contributed by atoms with Gasteiger partial charge in [0.1, 0.15) is 11.8 Å². The molecule has 174 valence electrons. The van der Waals surface area contributed by atoms with Gasteiger partial charge in [-0.1, -0.05) is 12.1 Å². The van der Waals surface area contributed by atoms with Crippen molar-refractivity contribution in [2.45, 2.75) is 12.1 Å². The van der Waals surface area contributed by atoms with E-state index in [0.29, 0.717) is 17.0 Å². The fourth-order valence-corrected chi connectivity index (χ4v) is 5.05. The minimum atomic E-state index is -1.07. The van der Waals surface area contributed by atoms with Crippen LogP contribution in [0.1, 0.15) is 10.4 Å². The summed E-state index contributed by atoms with van der Waals surface area (Å²) >= 11 is 0. The van der Waals surface area contributed by atoms with Crippen molar-refractivity contribution in [1.29, 1.82) is 5.26 Å². The number of allylic oxidation sites excluding steroid dienone is 2. The van der Waals surface area contributed by atoms with Gasteiger partial charge in [-0.3, -0.25) is 24.5 Å². The van der Waals surface area contributed by atoms with Crippen molar-refractivity contribution in [3.05, 3.63) is 88.1 Å². The van der Waals surface area contributed by atoms with Crippen LogP contribution in [-0.2, 0) is 9.59 Å². The Balaban J connectivity index is 1.59. The lowest BCUT2D eigenvalue weighted by atomic mass is 9.86. The highest BCUT2D eigenvalue weighted by atomic mass is 16.6. The highest BCUT2D eigenvalue weighted by molar-refractivity contribution is 6.24. The Hall–Kier alpha value is -4.78. The van der Waals surface area contributed by atoms with Crippen LogP contribution in [-0.4, -0.2) is 46.6 Å². The summed E-state index contributed by atoms with van der Waals surface area (Å²) in [4.78, 5) is 54.2. The van der Waals surface area contributed by atoms with Crippen LogP contribution in [0.15, 0.2) is 72.5 Å². The second kappa shape index (κ2) is 8.22. The first-order chi connectivity index (χ1) is 16.8. The molecule has 2 saturated heterocycles. The molecule has 10 heteroatoms. The molecule has 35 heavy (non-hydrogen) atoms. The summed E-state index contributed by atoms with van der Waals surface area (Å²) in [6.07, 6.45) is 4.64. The third-order valence-electron chi connectivity index (χ3n) is 6.62. The molecular formula is C25H18N4O6. The van der Waals surface area contributed by atoms with Gasteiger partial charge in [-0.2, -0.15) is 5.26 Å². The van der Waals surface area contributed by atoms with E-state index in [4.69, 9.17) is 4.74 Å². The lowest BCUT2D eigenvalue weighted by Crippen LogP contribution is -2.46. The fraction of sp³-hybridized carbons (Fsp3) is 0.200. The number of ketones is 1. The number of amides is 2. The maximum atomic E-state index is 13.7. The van der Waals surface area contributed by atoms with E-state index in [-0.39, 0.29) is 11.3 Å². The Morgan fingerprint density at radius 1 is 1.11 bits per heavy atom. The lowest BCUT2D eigenvalue weighted by Gasteiger charge is -2.32. The molecule has 4 atom stereocenters. The SMILES string of the molecule is COc1ccc(N2C(=O)[C@@H]3[C@H](C2=O)[C@H](C(=O)c2cccc([N+](=O)[O-])c2)N2C=CC(C#N)=C[C@@H]32)cc1. The van der Waals surface area contributed by atoms with Gasteiger partial charge in [-0.15, -0.1) is 0 Å². The average molecular weight is 470 g/mol. The largest absolute Gasteiger partial charge is 0.497 e. The number of carbonyl (C=O) groups excluding carboxylic acids is 3. The molecule has 0 N–H and O–H groups in total. The Morgan fingerprint density at radius 2 is 1.83 bits per heavy atom. The average Bonchev–Trinajstić information content (AvgIpc) is 3.35. The third kappa shape index (κ3) is 3.36. The Morgan fingerprint density at radius 3 is 2.49 bits per heavy atom. The normalized spacial score (nSPS) is 24.5. The van der Waals surface area contributed by atoms with Crippen LogP contribution >= 0.6 is 0 Å². The van der Waals surface area contributed by atoms with Gasteiger partial charge in [0.2, 0.25) is 11.8 Å². The summed E-state index contributed by atoms with van der Waals surface area (Å²) in [6, 6.07) is 12.0. The summed E-state index contributed by atoms with van der Waals surface area (Å²) in [6.45, 7) is 0. The number of methoxy groups -OCH3 is 1. The van der Waals surface area contributed by atoms with E-state index in [1.807, 2.05) is 6.07 Å². The summed E-state index contributed by atoms with van der Waals surface area (Å²) in [5, 5.41) is 20.6. The van der Waals surface area contributed by atoms with Gasteiger partial charge in [0.15, 0.2) is 5.78 Å². The molecule has 2 aromatic rings. The number of ether oxygens (including phenoxy) is 1. The van der Waals surface area contributed by atoms with E-state index in [0.717, 1.165) is 11.0 Å². The molecule has 2 fully saturated rings. The van der Waals surface area contributed by atoms with Crippen molar-refractivity contribution in [1.82, 2.24) is 4.90 Å². The van der Waals surface area contributed by atoms with E-state index in [1.54, 1.807) is 41.4 Å². The van der Waals surface area contributed by atoms with E-state index >= 15 is 0 Å². The predicted octanol–water partition coefficient (Wildman–Crippen LogP) is 2.62. The predicted molar refractivity (Wildman–Crippen MR) is 122 cm³/mol. The van der Waals surface area contributed by atoms with Gasteiger partial charge >= 0.3 is 0 Å². The number of hydrogen-bond donors (Lipinski definition) is 0. The molecule has 0 bridgehead atoms. The minimum absolute atomic E-state index is 0.0650. The van der Waals surface area contributed by atoms with E-state index in [9.17, 15) is 29.8 Å². The Kier molecular flexibility index (Phi) is 5.17. The highest BCUT2D eigenvalue weighted by Crippen LogP contribution is 2.47. The van der Waals surface area contributed by atoms with Crippen LogP contribution in [0.3, 0.4) is 0 Å². The van der Waals surface area contributed by atoms with Crippen molar-refractivity contribution in [2.75, 3.05) is 12.0 Å². The molecule has 0 aromatic heterocycles. The zero-order chi connectivity index (χ0) is 24.9. The molecule has 0 aliphatic carbocycles. The van der Waals surface area contributed by atoms with Crippen molar-refractivity contribution >= 4 is 29.0 Å². The van der Waals surface area contributed by atoms with Crippen LogP contribution in [0.5, 0.6) is 5.75 Å². The Bertz CT molecular complexity index is 1370. The number of nitriles is 1. The first kappa shape index (κ1) is 22.0. The number of nitrogens with zero attached hydrogens (tertiary/aromatic N) is 4. The second-order valence-electron chi connectivity index (χ2n) is 8.37. The number of nitro benzene ring substituents is 1. The van der Waals surface area contributed by atoms with Crippen LogP contribution in [0.4, 0.5) is 11.4 Å². The molecule has 10 nitrogen and oxygen atoms in total. The number of carbonyl (C=O) groups is 3. The summed E-state index contributed by atoms with van der Waals surface area (Å²) in [7, 11) is 1.50. The number of hydrogen-bond acceptors (Lipinski definition) is 8. The molecule has 3 heterocycles. The Labute approximate surface area is 199 Å².